The third-order valence-electron chi connectivity index (χ3n) is 2.56. The molecule has 0 radical (unpaired) electrons. The monoisotopic (exact) mass is 197 g/mol. The average molecular weight is 197 g/mol. The molecule has 1 heteroatoms. The number of benzene rings is 2. The Bertz CT molecular complexity index is 417. The third-order valence-corrected chi connectivity index (χ3v) is 2.56. The molecule has 0 bridgehead atoms. The minimum Gasteiger partial charge on any atom is -0.345 e. The first-order valence-corrected chi connectivity index (χ1v) is 5.13. The summed E-state index contributed by atoms with van der Waals surface area (Å²) in [6.07, 6.45) is 0. The van der Waals surface area contributed by atoms with Gasteiger partial charge in [-0.15, -0.1) is 0 Å². The molecular formula is C14H15N. The van der Waals surface area contributed by atoms with E-state index in [9.17, 15) is 0 Å². The summed E-state index contributed by atoms with van der Waals surface area (Å²) in [6.45, 7) is 2.10. The minimum absolute atomic E-state index is 1.21. The summed E-state index contributed by atoms with van der Waals surface area (Å²) >= 11 is 0. The molecule has 15 heavy (non-hydrogen) atoms. The zero-order valence-electron chi connectivity index (χ0n) is 9.14. The van der Waals surface area contributed by atoms with Crippen molar-refractivity contribution >= 4 is 11.4 Å². The number of para-hydroxylation sites is 1. The molecule has 0 spiro atoms. The lowest BCUT2D eigenvalue weighted by atomic mass is 10.2. The van der Waals surface area contributed by atoms with Gasteiger partial charge in [-0.1, -0.05) is 35.9 Å². The Labute approximate surface area is 91.0 Å². The van der Waals surface area contributed by atoms with Gasteiger partial charge in [0.25, 0.3) is 0 Å². The summed E-state index contributed by atoms with van der Waals surface area (Å²) in [5.41, 5.74) is 3.72. The summed E-state index contributed by atoms with van der Waals surface area (Å²) in [5, 5.41) is 0. The van der Waals surface area contributed by atoms with Crippen LogP contribution in [0.4, 0.5) is 11.4 Å². The van der Waals surface area contributed by atoms with Crippen LogP contribution in [0.2, 0.25) is 0 Å². The Kier molecular flexibility index (Phi) is 2.72. The Morgan fingerprint density at radius 3 is 1.87 bits per heavy atom. The van der Waals surface area contributed by atoms with Crippen LogP contribution < -0.4 is 4.90 Å². The molecule has 0 heterocycles. The molecule has 2 aromatic carbocycles. The Balaban J connectivity index is 2.29. The quantitative estimate of drug-likeness (QED) is 0.708. The Morgan fingerprint density at radius 1 is 0.733 bits per heavy atom. The predicted molar refractivity (Wildman–Crippen MR) is 65.7 cm³/mol. The van der Waals surface area contributed by atoms with Crippen LogP contribution in [0.15, 0.2) is 54.6 Å². The molecule has 0 amide bonds. The molecule has 0 aliphatic rings. The lowest BCUT2D eigenvalue weighted by Gasteiger charge is -2.19. The fourth-order valence-corrected chi connectivity index (χ4v) is 1.57. The summed E-state index contributed by atoms with van der Waals surface area (Å²) in [4.78, 5) is 2.18. The molecule has 0 N–H and O–H groups in total. The summed E-state index contributed by atoms with van der Waals surface area (Å²) in [5.74, 6) is 0. The third kappa shape index (κ3) is 2.18. The summed E-state index contributed by atoms with van der Waals surface area (Å²) in [7, 11) is 2.08. The van der Waals surface area contributed by atoms with E-state index in [1.54, 1.807) is 0 Å². The van der Waals surface area contributed by atoms with E-state index in [2.05, 4.69) is 67.4 Å². The van der Waals surface area contributed by atoms with E-state index in [-0.39, 0.29) is 0 Å². The molecule has 0 atom stereocenters. The molecule has 76 valence electrons. The molecule has 0 saturated heterocycles. The highest BCUT2D eigenvalue weighted by Crippen LogP contribution is 2.22. The van der Waals surface area contributed by atoms with Gasteiger partial charge in [-0.3, -0.25) is 0 Å². The topological polar surface area (TPSA) is 3.24 Å². The molecule has 0 aliphatic carbocycles. The van der Waals surface area contributed by atoms with Crippen LogP contribution >= 0.6 is 0 Å². The van der Waals surface area contributed by atoms with Crippen LogP contribution in [-0.4, -0.2) is 7.05 Å². The van der Waals surface area contributed by atoms with Gasteiger partial charge < -0.3 is 4.90 Å². The maximum atomic E-state index is 2.18. The number of rotatable bonds is 2. The van der Waals surface area contributed by atoms with E-state index < -0.39 is 0 Å². The summed E-state index contributed by atoms with van der Waals surface area (Å²) < 4.78 is 0. The van der Waals surface area contributed by atoms with Crippen LogP contribution in [-0.2, 0) is 0 Å². The molecule has 1 nitrogen and oxygen atoms in total. The standard InChI is InChI=1S/C14H15N/c1-12-8-10-14(11-9-12)15(2)13-6-4-3-5-7-13/h3-11H,1-2H3. The van der Waals surface area contributed by atoms with Crippen molar-refractivity contribution in [3.05, 3.63) is 60.2 Å². The first-order valence-electron chi connectivity index (χ1n) is 5.13. The fraction of sp³-hybridized carbons (Fsp3) is 0.143. The van der Waals surface area contributed by atoms with Gasteiger partial charge in [0.2, 0.25) is 0 Å². The van der Waals surface area contributed by atoms with E-state index in [0.717, 1.165) is 0 Å². The van der Waals surface area contributed by atoms with Gasteiger partial charge in [0.1, 0.15) is 0 Å². The van der Waals surface area contributed by atoms with Crippen molar-refractivity contribution in [3.8, 4) is 0 Å². The molecule has 0 fully saturated rings. The van der Waals surface area contributed by atoms with Gasteiger partial charge in [0, 0.05) is 18.4 Å². The van der Waals surface area contributed by atoms with Gasteiger partial charge in [-0.25, -0.2) is 0 Å². The minimum atomic E-state index is 1.21. The molecule has 2 rings (SSSR count). The van der Waals surface area contributed by atoms with Crippen molar-refractivity contribution in [3.63, 3.8) is 0 Å². The maximum Gasteiger partial charge on any atom is 0.0408 e. The molecule has 0 saturated carbocycles. The number of hydrogen-bond donors (Lipinski definition) is 0. The number of anilines is 2. The smallest absolute Gasteiger partial charge is 0.0408 e. The van der Waals surface area contributed by atoms with E-state index in [4.69, 9.17) is 0 Å². The van der Waals surface area contributed by atoms with Crippen molar-refractivity contribution in [1.82, 2.24) is 0 Å². The Hall–Kier alpha value is -1.76. The molecule has 0 aliphatic heterocycles. The maximum absolute atomic E-state index is 2.18. The number of aryl methyl sites for hydroxylation is 1. The molecule has 2 aromatic rings. The van der Waals surface area contributed by atoms with Crippen molar-refractivity contribution in [1.29, 1.82) is 0 Å². The van der Waals surface area contributed by atoms with E-state index in [0.29, 0.717) is 0 Å². The average Bonchev–Trinajstić information content (AvgIpc) is 2.30. The van der Waals surface area contributed by atoms with Gasteiger partial charge >= 0.3 is 0 Å². The second-order valence-electron chi connectivity index (χ2n) is 3.73. The first-order chi connectivity index (χ1) is 7.27. The molecule has 0 aromatic heterocycles. The fourth-order valence-electron chi connectivity index (χ4n) is 1.57. The van der Waals surface area contributed by atoms with Crippen molar-refractivity contribution < 1.29 is 0 Å². The number of nitrogens with zero attached hydrogens (tertiary/aromatic N) is 1. The second kappa shape index (κ2) is 4.18. The normalized spacial score (nSPS) is 10.0. The highest BCUT2D eigenvalue weighted by atomic mass is 15.1. The number of hydrogen-bond acceptors (Lipinski definition) is 1. The van der Waals surface area contributed by atoms with Crippen molar-refractivity contribution in [2.45, 2.75) is 6.92 Å². The molecule has 0 unspecified atom stereocenters. The van der Waals surface area contributed by atoms with Crippen LogP contribution in [0.3, 0.4) is 0 Å². The van der Waals surface area contributed by atoms with E-state index >= 15 is 0 Å². The molecular weight excluding hydrogens is 182 g/mol. The zero-order chi connectivity index (χ0) is 10.7. The highest BCUT2D eigenvalue weighted by Gasteiger charge is 2.01. The predicted octanol–water partition coefficient (Wildman–Crippen LogP) is 3.76. The van der Waals surface area contributed by atoms with Crippen LogP contribution in [0.25, 0.3) is 0 Å². The largest absolute Gasteiger partial charge is 0.345 e. The summed E-state index contributed by atoms with van der Waals surface area (Å²) in [6, 6.07) is 18.9. The van der Waals surface area contributed by atoms with Gasteiger partial charge in [-0.2, -0.15) is 0 Å². The van der Waals surface area contributed by atoms with Crippen LogP contribution in [0.1, 0.15) is 5.56 Å². The Morgan fingerprint density at radius 2 is 1.27 bits per heavy atom. The zero-order valence-corrected chi connectivity index (χ0v) is 9.14. The lowest BCUT2D eigenvalue weighted by Crippen LogP contribution is -2.08. The van der Waals surface area contributed by atoms with E-state index in [1.807, 2.05) is 6.07 Å². The van der Waals surface area contributed by atoms with Crippen molar-refractivity contribution in [2.24, 2.45) is 0 Å². The first kappa shape index (κ1) is 9.78. The van der Waals surface area contributed by atoms with Crippen LogP contribution in [0.5, 0.6) is 0 Å². The highest BCUT2D eigenvalue weighted by molar-refractivity contribution is 5.62. The van der Waals surface area contributed by atoms with Crippen LogP contribution in [0, 0.1) is 6.92 Å². The van der Waals surface area contributed by atoms with Gasteiger partial charge in [-0.05, 0) is 31.2 Å². The second-order valence-corrected chi connectivity index (χ2v) is 3.73. The SMILES string of the molecule is Cc1ccc(N(C)c2ccccc2)cc1. The van der Waals surface area contributed by atoms with Gasteiger partial charge in [0.05, 0.1) is 0 Å². The van der Waals surface area contributed by atoms with Gasteiger partial charge in [0.15, 0.2) is 0 Å². The lowest BCUT2D eigenvalue weighted by molar-refractivity contribution is 1.20. The van der Waals surface area contributed by atoms with E-state index in [1.165, 1.54) is 16.9 Å². The van der Waals surface area contributed by atoms with Crippen molar-refractivity contribution in [2.75, 3.05) is 11.9 Å².